The molecule has 0 radical (unpaired) electrons. The van der Waals surface area contributed by atoms with Gasteiger partial charge in [0.05, 0.1) is 11.8 Å². The number of anilines is 1. The van der Waals surface area contributed by atoms with Crippen LogP contribution in [-0.2, 0) is 19.3 Å². The van der Waals surface area contributed by atoms with Gasteiger partial charge in [0, 0.05) is 31.4 Å². The molecule has 2 aromatic rings. The molecule has 2 N–H and O–H groups in total. The summed E-state index contributed by atoms with van der Waals surface area (Å²) in [5, 5.41) is 0. The highest BCUT2D eigenvalue weighted by atomic mass is 19.4. The number of aryl methyl sites for hydroxylation is 1. The Kier molecular flexibility index (Phi) is 4.27. The van der Waals surface area contributed by atoms with E-state index in [-0.39, 0.29) is 12.1 Å². The molecule has 0 aliphatic carbocycles. The number of hydrogen-bond donors (Lipinski definition) is 1. The first-order valence-electron chi connectivity index (χ1n) is 6.47. The molecule has 0 saturated heterocycles. The van der Waals surface area contributed by atoms with Gasteiger partial charge in [0.2, 0.25) is 0 Å². The molecule has 1 heterocycles. The number of alkyl halides is 3. The van der Waals surface area contributed by atoms with Crippen LogP contribution < -0.4 is 10.6 Å². The van der Waals surface area contributed by atoms with Gasteiger partial charge in [-0.2, -0.15) is 13.2 Å². The lowest BCUT2D eigenvalue weighted by Gasteiger charge is -2.21. The molecule has 2 rings (SSSR count). The van der Waals surface area contributed by atoms with Gasteiger partial charge in [0.1, 0.15) is 5.76 Å². The summed E-state index contributed by atoms with van der Waals surface area (Å²) in [6, 6.07) is 6.02. The first kappa shape index (κ1) is 15.4. The molecule has 0 aliphatic heterocycles. The number of halogens is 3. The zero-order chi connectivity index (χ0) is 15.6. The maximum absolute atomic E-state index is 13.0. The van der Waals surface area contributed by atoms with Crippen molar-refractivity contribution in [3.63, 3.8) is 0 Å². The van der Waals surface area contributed by atoms with Crippen LogP contribution >= 0.6 is 0 Å². The van der Waals surface area contributed by atoms with Crippen LogP contribution in [0, 0.1) is 6.92 Å². The van der Waals surface area contributed by atoms with Crippen LogP contribution in [0.1, 0.15) is 22.5 Å². The maximum atomic E-state index is 13.0. The van der Waals surface area contributed by atoms with Crippen molar-refractivity contribution in [3.8, 4) is 0 Å². The number of furan rings is 1. The van der Waals surface area contributed by atoms with Crippen molar-refractivity contribution < 1.29 is 17.6 Å². The van der Waals surface area contributed by atoms with Crippen molar-refractivity contribution in [3.05, 3.63) is 53.0 Å². The number of nitrogens with two attached hydrogens (primary N) is 1. The minimum absolute atomic E-state index is 0.0964. The van der Waals surface area contributed by atoms with E-state index in [1.807, 2.05) is 13.0 Å². The Morgan fingerprint density at radius 2 is 1.90 bits per heavy atom. The second-order valence-corrected chi connectivity index (χ2v) is 4.90. The van der Waals surface area contributed by atoms with Gasteiger partial charge in [-0.05, 0) is 30.7 Å². The summed E-state index contributed by atoms with van der Waals surface area (Å²) in [7, 11) is 1.74. The van der Waals surface area contributed by atoms with Crippen molar-refractivity contribution >= 4 is 5.69 Å². The summed E-state index contributed by atoms with van der Waals surface area (Å²) in [6.07, 6.45) is -2.84. The molecule has 0 spiro atoms. The van der Waals surface area contributed by atoms with Crippen molar-refractivity contribution in [2.45, 2.75) is 26.2 Å². The monoisotopic (exact) mass is 298 g/mol. The van der Waals surface area contributed by atoms with Gasteiger partial charge in [0.15, 0.2) is 0 Å². The molecule has 114 valence electrons. The molecular formula is C15H17F3N2O. The van der Waals surface area contributed by atoms with Gasteiger partial charge in [0.25, 0.3) is 0 Å². The third-order valence-corrected chi connectivity index (χ3v) is 3.43. The predicted octanol–water partition coefficient (Wildman–Crippen LogP) is 3.70. The quantitative estimate of drug-likeness (QED) is 0.936. The SMILES string of the molecule is Cc1occc1CN(C)c1ccc(CN)c(C(F)(F)F)c1. The fraction of sp³-hybridized carbons (Fsp3) is 0.333. The van der Waals surface area contributed by atoms with Gasteiger partial charge in [-0.25, -0.2) is 0 Å². The lowest BCUT2D eigenvalue weighted by atomic mass is 10.1. The smallest absolute Gasteiger partial charge is 0.416 e. The number of hydrogen-bond acceptors (Lipinski definition) is 3. The van der Waals surface area contributed by atoms with Crippen molar-refractivity contribution in [2.24, 2.45) is 5.73 Å². The van der Waals surface area contributed by atoms with E-state index in [1.54, 1.807) is 24.3 Å². The third-order valence-electron chi connectivity index (χ3n) is 3.43. The normalized spacial score (nSPS) is 11.7. The summed E-state index contributed by atoms with van der Waals surface area (Å²) < 4.78 is 44.3. The second kappa shape index (κ2) is 5.81. The molecular weight excluding hydrogens is 281 g/mol. The van der Waals surface area contributed by atoms with Crippen LogP contribution in [0.3, 0.4) is 0 Å². The minimum atomic E-state index is -4.41. The first-order valence-corrected chi connectivity index (χ1v) is 6.47. The Labute approximate surface area is 121 Å². The molecule has 0 aliphatic rings. The maximum Gasteiger partial charge on any atom is 0.416 e. The van der Waals surface area contributed by atoms with Crippen LogP contribution in [-0.4, -0.2) is 7.05 Å². The summed E-state index contributed by atoms with van der Waals surface area (Å²) in [5.74, 6) is 0.761. The molecule has 0 unspecified atom stereocenters. The summed E-state index contributed by atoms with van der Waals surface area (Å²) in [5.41, 5.74) is 6.22. The molecule has 0 amide bonds. The van der Waals surface area contributed by atoms with E-state index in [9.17, 15) is 13.2 Å². The summed E-state index contributed by atoms with van der Waals surface area (Å²) >= 11 is 0. The Bertz CT molecular complexity index is 620. The molecule has 21 heavy (non-hydrogen) atoms. The van der Waals surface area contributed by atoms with Crippen LogP contribution in [0.4, 0.5) is 18.9 Å². The zero-order valence-electron chi connectivity index (χ0n) is 11.9. The number of nitrogens with zero attached hydrogens (tertiary/aromatic N) is 1. The first-order chi connectivity index (χ1) is 9.82. The van der Waals surface area contributed by atoms with E-state index < -0.39 is 11.7 Å². The van der Waals surface area contributed by atoms with Gasteiger partial charge in [-0.1, -0.05) is 6.07 Å². The molecule has 6 heteroatoms. The lowest BCUT2D eigenvalue weighted by Crippen LogP contribution is -2.19. The topological polar surface area (TPSA) is 42.4 Å². The van der Waals surface area contributed by atoms with Crippen LogP contribution in [0.15, 0.2) is 34.9 Å². The molecule has 0 saturated carbocycles. The predicted molar refractivity (Wildman–Crippen MR) is 74.9 cm³/mol. The van der Waals surface area contributed by atoms with Crippen LogP contribution in [0.2, 0.25) is 0 Å². The Hall–Kier alpha value is -1.95. The second-order valence-electron chi connectivity index (χ2n) is 4.90. The van der Waals surface area contributed by atoms with E-state index in [1.165, 1.54) is 6.07 Å². The standard InChI is InChI=1S/C15H17F3N2O/c1-10-12(5-6-21-10)9-20(2)13-4-3-11(8-19)14(7-13)15(16,17)18/h3-7H,8-9,19H2,1-2H3. The Morgan fingerprint density at radius 3 is 2.43 bits per heavy atom. The van der Waals surface area contributed by atoms with E-state index in [0.29, 0.717) is 12.2 Å². The van der Waals surface area contributed by atoms with E-state index in [4.69, 9.17) is 10.2 Å². The Balaban J connectivity index is 2.30. The summed E-state index contributed by atoms with van der Waals surface area (Å²) in [4.78, 5) is 1.74. The zero-order valence-corrected chi connectivity index (χ0v) is 11.9. The van der Waals surface area contributed by atoms with E-state index >= 15 is 0 Å². The lowest BCUT2D eigenvalue weighted by molar-refractivity contribution is -0.138. The molecule has 1 aromatic heterocycles. The van der Waals surface area contributed by atoms with Crippen molar-refractivity contribution in [1.29, 1.82) is 0 Å². The summed E-state index contributed by atoms with van der Waals surface area (Å²) in [6.45, 7) is 2.16. The highest BCUT2D eigenvalue weighted by molar-refractivity contribution is 5.52. The van der Waals surface area contributed by atoms with Gasteiger partial charge >= 0.3 is 6.18 Å². The highest BCUT2D eigenvalue weighted by Gasteiger charge is 2.33. The van der Waals surface area contributed by atoms with E-state index in [2.05, 4.69) is 0 Å². The highest BCUT2D eigenvalue weighted by Crippen LogP contribution is 2.34. The van der Waals surface area contributed by atoms with Gasteiger partial charge in [-0.3, -0.25) is 0 Å². The molecule has 0 fully saturated rings. The molecule has 3 nitrogen and oxygen atoms in total. The number of benzene rings is 1. The van der Waals surface area contributed by atoms with Crippen molar-refractivity contribution in [2.75, 3.05) is 11.9 Å². The molecule has 0 bridgehead atoms. The van der Waals surface area contributed by atoms with Gasteiger partial charge < -0.3 is 15.1 Å². The minimum Gasteiger partial charge on any atom is -0.469 e. The van der Waals surface area contributed by atoms with E-state index in [0.717, 1.165) is 17.4 Å². The average molecular weight is 298 g/mol. The fourth-order valence-corrected chi connectivity index (χ4v) is 2.17. The largest absolute Gasteiger partial charge is 0.469 e. The van der Waals surface area contributed by atoms with Gasteiger partial charge in [-0.15, -0.1) is 0 Å². The molecule has 1 aromatic carbocycles. The average Bonchev–Trinajstić information content (AvgIpc) is 2.82. The third kappa shape index (κ3) is 3.39. The molecule has 0 atom stereocenters. The van der Waals surface area contributed by atoms with Crippen LogP contribution in [0.5, 0.6) is 0 Å². The van der Waals surface area contributed by atoms with Crippen molar-refractivity contribution in [1.82, 2.24) is 0 Å². The number of rotatable bonds is 4. The Morgan fingerprint density at radius 1 is 1.19 bits per heavy atom. The van der Waals surface area contributed by atoms with Crippen LogP contribution in [0.25, 0.3) is 0 Å². The fourth-order valence-electron chi connectivity index (χ4n) is 2.17.